The van der Waals surface area contributed by atoms with E-state index in [1.807, 2.05) is 0 Å². The lowest BCUT2D eigenvalue weighted by molar-refractivity contribution is 0.0361. The van der Waals surface area contributed by atoms with Gasteiger partial charge in [0.1, 0.15) is 0 Å². The van der Waals surface area contributed by atoms with Crippen LogP contribution in [-0.2, 0) is 7.05 Å². The Bertz CT molecular complexity index is 461. The lowest BCUT2D eigenvalue weighted by atomic mass is 10.0. The van der Waals surface area contributed by atoms with Crippen molar-refractivity contribution >= 4 is 5.91 Å². The Balaban J connectivity index is 2.10. The van der Waals surface area contributed by atoms with Crippen molar-refractivity contribution < 1.29 is 9.90 Å². The van der Waals surface area contributed by atoms with Crippen LogP contribution in [0.25, 0.3) is 0 Å². The highest BCUT2D eigenvalue weighted by Crippen LogP contribution is 2.17. The zero-order chi connectivity index (χ0) is 11.7. The van der Waals surface area contributed by atoms with E-state index >= 15 is 0 Å². The number of nitrogens with zero attached hydrogens (tertiary/aromatic N) is 2. The van der Waals surface area contributed by atoms with Crippen molar-refractivity contribution in [3.05, 3.63) is 34.2 Å². The molecule has 5 heteroatoms. The lowest BCUT2D eigenvalue weighted by Crippen LogP contribution is -2.51. The Morgan fingerprint density at radius 1 is 1.56 bits per heavy atom. The SMILES string of the molecule is Cn1ccc(C(=O)N2CC(CO)C2)cc1=O. The van der Waals surface area contributed by atoms with Gasteiger partial charge in [-0.25, -0.2) is 0 Å². The van der Waals surface area contributed by atoms with Crippen LogP contribution in [0.5, 0.6) is 0 Å². The van der Waals surface area contributed by atoms with E-state index in [9.17, 15) is 9.59 Å². The van der Waals surface area contributed by atoms with Crippen LogP contribution in [0.1, 0.15) is 10.4 Å². The van der Waals surface area contributed by atoms with Gasteiger partial charge in [0.15, 0.2) is 0 Å². The summed E-state index contributed by atoms with van der Waals surface area (Å²) in [6, 6.07) is 2.98. The fourth-order valence-electron chi connectivity index (χ4n) is 1.72. The average Bonchev–Trinajstić information content (AvgIpc) is 2.20. The molecule has 1 N–H and O–H groups in total. The zero-order valence-corrected chi connectivity index (χ0v) is 9.09. The number of carbonyl (C=O) groups is 1. The molecule has 5 nitrogen and oxygen atoms in total. The molecule has 0 aliphatic carbocycles. The number of aromatic nitrogens is 1. The number of aliphatic hydroxyl groups is 1. The van der Waals surface area contributed by atoms with Crippen molar-refractivity contribution in [1.82, 2.24) is 9.47 Å². The normalized spacial score (nSPS) is 16.0. The van der Waals surface area contributed by atoms with Gasteiger partial charge in [-0.1, -0.05) is 0 Å². The van der Waals surface area contributed by atoms with Crippen molar-refractivity contribution in [3.8, 4) is 0 Å². The molecule has 0 aromatic carbocycles. The Labute approximate surface area is 92.9 Å². The molecule has 86 valence electrons. The van der Waals surface area contributed by atoms with E-state index in [4.69, 9.17) is 5.11 Å². The van der Waals surface area contributed by atoms with Gasteiger partial charge in [0, 0.05) is 50.5 Å². The standard InChI is InChI=1S/C11H14N2O3/c1-12-3-2-9(4-10(12)15)11(16)13-5-8(6-13)7-14/h2-4,8,14H,5-7H2,1H3. The van der Waals surface area contributed by atoms with Gasteiger partial charge in [-0.2, -0.15) is 0 Å². The van der Waals surface area contributed by atoms with E-state index in [0.717, 1.165) is 0 Å². The first-order valence-electron chi connectivity index (χ1n) is 5.18. The Kier molecular flexibility index (Phi) is 2.78. The third-order valence-corrected chi connectivity index (χ3v) is 2.85. The third-order valence-electron chi connectivity index (χ3n) is 2.85. The molecule has 0 spiro atoms. The van der Waals surface area contributed by atoms with Gasteiger partial charge in [-0.3, -0.25) is 9.59 Å². The van der Waals surface area contributed by atoms with Crippen LogP contribution in [0.15, 0.2) is 23.1 Å². The largest absolute Gasteiger partial charge is 0.396 e. The van der Waals surface area contributed by atoms with E-state index in [1.165, 1.54) is 10.6 Å². The van der Waals surface area contributed by atoms with Crippen molar-refractivity contribution in [3.63, 3.8) is 0 Å². The molecule has 1 aliphatic heterocycles. The van der Waals surface area contributed by atoms with Crippen molar-refractivity contribution in [2.75, 3.05) is 19.7 Å². The summed E-state index contributed by atoms with van der Waals surface area (Å²) in [6.45, 7) is 1.26. The highest BCUT2D eigenvalue weighted by molar-refractivity contribution is 5.94. The number of pyridine rings is 1. The summed E-state index contributed by atoms with van der Waals surface area (Å²) < 4.78 is 1.42. The fourth-order valence-corrected chi connectivity index (χ4v) is 1.72. The molecule has 1 aromatic heterocycles. The smallest absolute Gasteiger partial charge is 0.254 e. The number of likely N-dealkylation sites (tertiary alicyclic amines) is 1. The quantitative estimate of drug-likeness (QED) is 0.730. The van der Waals surface area contributed by atoms with Crippen LogP contribution in [0.4, 0.5) is 0 Å². The number of amides is 1. The molecule has 2 heterocycles. The van der Waals surface area contributed by atoms with Gasteiger partial charge in [0.25, 0.3) is 11.5 Å². The average molecular weight is 222 g/mol. The second-order valence-corrected chi connectivity index (χ2v) is 4.12. The second-order valence-electron chi connectivity index (χ2n) is 4.12. The maximum atomic E-state index is 11.8. The number of aryl methyl sites for hydroxylation is 1. The molecule has 1 amide bonds. The topological polar surface area (TPSA) is 62.5 Å². The summed E-state index contributed by atoms with van der Waals surface area (Å²) in [4.78, 5) is 24.8. The summed E-state index contributed by atoms with van der Waals surface area (Å²) in [5, 5.41) is 8.85. The molecular weight excluding hydrogens is 208 g/mol. The number of hydrogen-bond acceptors (Lipinski definition) is 3. The molecule has 0 unspecified atom stereocenters. The summed E-state index contributed by atoms with van der Waals surface area (Å²) in [7, 11) is 1.64. The molecule has 16 heavy (non-hydrogen) atoms. The van der Waals surface area contributed by atoms with E-state index in [2.05, 4.69) is 0 Å². The van der Waals surface area contributed by atoms with E-state index < -0.39 is 0 Å². The predicted molar refractivity (Wildman–Crippen MR) is 58.2 cm³/mol. The lowest BCUT2D eigenvalue weighted by Gasteiger charge is -2.38. The van der Waals surface area contributed by atoms with E-state index in [0.29, 0.717) is 18.7 Å². The highest BCUT2D eigenvalue weighted by atomic mass is 16.3. The second kappa shape index (κ2) is 4.09. The molecular formula is C11H14N2O3. The molecule has 0 radical (unpaired) electrons. The molecule has 1 aliphatic rings. The maximum Gasteiger partial charge on any atom is 0.254 e. The number of hydrogen-bond donors (Lipinski definition) is 1. The number of aliphatic hydroxyl groups excluding tert-OH is 1. The van der Waals surface area contributed by atoms with Gasteiger partial charge in [-0.15, -0.1) is 0 Å². The Morgan fingerprint density at radius 3 is 2.81 bits per heavy atom. The van der Waals surface area contributed by atoms with Crippen LogP contribution < -0.4 is 5.56 Å². The van der Waals surface area contributed by atoms with Crippen LogP contribution in [0.2, 0.25) is 0 Å². The monoisotopic (exact) mass is 222 g/mol. The van der Waals surface area contributed by atoms with Gasteiger partial charge >= 0.3 is 0 Å². The Morgan fingerprint density at radius 2 is 2.25 bits per heavy atom. The molecule has 1 saturated heterocycles. The first-order valence-corrected chi connectivity index (χ1v) is 5.18. The third kappa shape index (κ3) is 1.86. The van der Waals surface area contributed by atoms with Crippen LogP contribution in [-0.4, -0.2) is 40.2 Å². The number of rotatable bonds is 2. The van der Waals surface area contributed by atoms with Crippen LogP contribution in [0.3, 0.4) is 0 Å². The molecule has 0 bridgehead atoms. The summed E-state index contributed by atoms with van der Waals surface area (Å²) in [5.74, 6) is 0.0536. The Hall–Kier alpha value is -1.62. The molecule has 1 fully saturated rings. The first kappa shape index (κ1) is 10.9. The highest BCUT2D eigenvalue weighted by Gasteiger charge is 2.30. The van der Waals surface area contributed by atoms with Gasteiger partial charge in [-0.05, 0) is 6.07 Å². The number of carbonyl (C=O) groups excluding carboxylic acids is 1. The van der Waals surface area contributed by atoms with Gasteiger partial charge in [0.05, 0.1) is 0 Å². The fraction of sp³-hybridized carbons (Fsp3) is 0.455. The molecule has 0 saturated carbocycles. The van der Waals surface area contributed by atoms with E-state index in [-0.39, 0.29) is 24.0 Å². The molecule has 2 rings (SSSR count). The minimum atomic E-state index is -0.190. The maximum absolute atomic E-state index is 11.8. The van der Waals surface area contributed by atoms with Crippen molar-refractivity contribution in [2.24, 2.45) is 13.0 Å². The minimum Gasteiger partial charge on any atom is -0.396 e. The van der Waals surface area contributed by atoms with Gasteiger partial charge in [0.2, 0.25) is 0 Å². The van der Waals surface area contributed by atoms with Crippen LogP contribution in [0, 0.1) is 5.92 Å². The van der Waals surface area contributed by atoms with Crippen LogP contribution >= 0.6 is 0 Å². The van der Waals surface area contributed by atoms with Crippen molar-refractivity contribution in [2.45, 2.75) is 0 Å². The summed E-state index contributed by atoms with van der Waals surface area (Å²) in [6.07, 6.45) is 1.58. The predicted octanol–water partition coefficient (Wildman–Crippen LogP) is -0.550. The summed E-state index contributed by atoms with van der Waals surface area (Å²) in [5.41, 5.74) is 0.226. The minimum absolute atomic E-state index is 0.111. The summed E-state index contributed by atoms with van der Waals surface area (Å²) >= 11 is 0. The zero-order valence-electron chi connectivity index (χ0n) is 9.09. The molecule has 0 atom stereocenters. The van der Waals surface area contributed by atoms with Crippen molar-refractivity contribution in [1.29, 1.82) is 0 Å². The first-order chi connectivity index (χ1) is 7.61. The van der Waals surface area contributed by atoms with E-state index in [1.54, 1.807) is 24.2 Å². The molecule has 1 aromatic rings. The van der Waals surface area contributed by atoms with Gasteiger partial charge < -0.3 is 14.6 Å².